The Kier molecular flexibility index (Phi) is 3.34. The van der Waals surface area contributed by atoms with Gasteiger partial charge in [0.2, 0.25) is 0 Å². The smallest absolute Gasteiger partial charge is 0.313 e. The number of rotatable bonds is 4. The van der Waals surface area contributed by atoms with E-state index < -0.39 is 5.60 Å². The van der Waals surface area contributed by atoms with E-state index in [4.69, 9.17) is 9.47 Å². The molecule has 3 fully saturated rings. The van der Waals surface area contributed by atoms with Gasteiger partial charge in [0.05, 0.1) is 18.4 Å². The molecule has 0 amide bonds. The van der Waals surface area contributed by atoms with Crippen molar-refractivity contribution < 1.29 is 19.1 Å². The third kappa shape index (κ3) is 1.94. The molecule has 0 N–H and O–H groups in total. The van der Waals surface area contributed by atoms with Crippen LogP contribution in [-0.4, -0.2) is 24.1 Å². The second kappa shape index (κ2) is 4.72. The summed E-state index contributed by atoms with van der Waals surface area (Å²) in [5.41, 5.74) is -0.633. The van der Waals surface area contributed by atoms with Crippen molar-refractivity contribution in [3.05, 3.63) is 0 Å². The quantitative estimate of drug-likeness (QED) is 0.748. The van der Waals surface area contributed by atoms with Gasteiger partial charge in [-0.3, -0.25) is 9.59 Å². The van der Waals surface area contributed by atoms with E-state index in [1.165, 1.54) is 0 Å². The zero-order valence-electron chi connectivity index (χ0n) is 13.6. The van der Waals surface area contributed by atoms with Crippen molar-refractivity contribution in [1.29, 1.82) is 0 Å². The molecule has 2 saturated carbocycles. The van der Waals surface area contributed by atoms with Crippen LogP contribution in [0.4, 0.5) is 0 Å². The highest BCUT2D eigenvalue weighted by Gasteiger charge is 2.74. The second-order valence-electron chi connectivity index (χ2n) is 7.96. The third-order valence-electron chi connectivity index (χ3n) is 5.83. The van der Waals surface area contributed by atoms with Gasteiger partial charge in [-0.1, -0.05) is 27.7 Å². The van der Waals surface area contributed by atoms with Crippen molar-refractivity contribution >= 4 is 11.9 Å². The van der Waals surface area contributed by atoms with Crippen LogP contribution in [-0.2, 0) is 19.1 Å². The highest BCUT2D eigenvalue weighted by Crippen LogP contribution is 2.67. The molecule has 1 aliphatic heterocycles. The summed E-state index contributed by atoms with van der Waals surface area (Å²) in [7, 11) is 0. The fourth-order valence-corrected chi connectivity index (χ4v) is 5.14. The van der Waals surface area contributed by atoms with Crippen LogP contribution < -0.4 is 0 Å². The molecule has 2 bridgehead atoms. The molecule has 2 aliphatic carbocycles. The van der Waals surface area contributed by atoms with Gasteiger partial charge in [0.1, 0.15) is 5.60 Å². The van der Waals surface area contributed by atoms with E-state index in [0.717, 1.165) is 6.42 Å². The fourth-order valence-electron chi connectivity index (χ4n) is 5.14. The Morgan fingerprint density at radius 2 is 2.05 bits per heavy atom. The number of hydrogen-bond acceptors (Lipinski definition) is 4. The molecule has 1 saturated heterocycles. The average Bonchev–Trinajstić information content (AvgIpc) is 2.92. The molecular weight excluding hydrogens is 268 g/mol. The van der Waals surface area contributed by atoms with Crippen molar-refractivity contribution in [3.8, 4) is 0 Å². The van der Waals surface area contributed by atoms with E-state index in [0.29, 0.717) is 18.4 Å². The Morgan fingerprint density at radius 3 is 2.62 bits per heavy atom. The summed E-state index contributed by atoms with van der Waals surface area (Å²) in [6.45, 7) is 10.7. The summed E-state index contributed by atoms with van der Waals surface area (Å²) in [5.74, 6) is 0.844. The van der Waals surface area contributed by atoms with Gasteiger partial charge in [0, 0.05) is 5.92 Å². The van der Waals surface area contributed by atoms with Crippen molar-refractivity contribution in [2.24, 2.45) is 41.4 Å². The van der Waals surface area contributed by atoms with E-state index in [-0.39, 0.29) is 41.5 Å². The molecule has 3 rings (SSSR count). The summed E-state index contributed by atoms with van der Waals surface area (Å²) in [6.07, 6.45) is 0.928. The van der Waals surface area contributed by atoms with Gasteiger partial charge in [0.25, 0.3) is 0 Å². The maximum atomic E-state index is 12.6. The molecule has 6 atom stereocenters. The molecule has 4 nitrogen and oxygen atoms in total. The molecule has 0 aromatic rings. The number of ether oxygens (including phenoxy) is 2. The molecule has 0 aromatic heterocycles. The average molecular weight is 294 g/mol. The largest absolute Gasteiger partial charge is 0.465 e. The minimum absolute atomic E-state index is 0.00542. The third-order valence-corrected chi connectivity index (χ3v) is 5.83. The minimum Gasteiger partial charge on any atom is -0.465 e. The van der Waals surface area contributed by atoms with Gasteiger partial charge in [-0.05, 0) is 37.0 Å². The van der Waals surface area contributed by atoms with Crippen molar-refractivity contribution in [2.45, 2.75) is 46.6 Å². The lowest BCUT2D eigenvalue weighted by Gasteiger charge is -2.38. The van der Waals surface area contributed by atoms with Gasteiger partial charge in [-0.15, -0.1) is 0 Å². The SMILES string of the molecule is CC(C)COC(=O)C1C2CC3C(C(=O)OC31C)C2C(C)C. The van der Waals surface area contributed by atoms with Crippen LogP contribution in [0.1, 0.15) is 41.0 Å². The predicted molar refractivity (Wildman–Crippen MR) is 77.2 cm³/mol. The summed E-state index contributed by atoms with van der Waals surface area (Å²) in [6, 6.07) is 0. The molecular formula is C17H26O4. The van der Waals surface area contributed by atoms with E-state index in [9.17, 15) is 9.59 Å². The summed E-state index contributed by atoms with van der Waals surface area (Å²) in [5, 5.41) is 0. The Labute approximate surface area is 126 Å². The highest BCUT2D eigenvalue weighted by molar-refractivity contribution is 5.83. The first-order valence-corrected chi connectivity index (χ1v) is 8.16. The van der Waals surface area contributed by atoms with Crippen LogP contribution in [0.15, 0.2) is 0 Å². The molecule has 21 heavy (non-hydrogen) atoms. The molecule has 0 radical (unpaired) electrons. The van der Waals surface area contributed by atoms with Crippen molar-refractivity contribution in [2.75, 3.05) is 6.61 Å². The van der Waals surface area contributed by atoms with Crippen LogP contribution in [0.2, 0.25) is 0 Å². The standard InChI is InChI=1S/C17H26O4/c1-8(2)7-20-16(19)14-10-6-11-13(12(10)9(3)4)15(18)21-17(11,14)5/h8-14H,6-7H2,1-5H3. The summed E-state index contributed by atoms with van der Waals surface area (Å²) < 4.78 is 11.2. The number of carbonyl (C=O) groups excluding carboxylic acids is 2. The van der Waals surface area contributed by atoms with Crippen LogP contribution in [0.3, 0.4) is 0 Å². The molecule has 0 spiro atoms. The lowest BCUT2D eigenvalue weighted by atomic mass is 9.65. The number of esters is 2. The van der Waals surface area contributed by atoms with Gasteiger partial charge < -0.3 is 9.47 Å². The molecule has 6 unspecified atom stereocenters. The number of fused-ring (bicyclic) bond motifs is 1. The van der Waals surface area contributed by atoms with Gasteiger partial charge >= 0.3 is 11.9 Å². The maximum Gasteiger partial charge on any atom is 0.313 e. The predicted octanol–water partition coefficient (Wildman–Crippen LogP) is 2.66. The van der Waals surface area contributed by atoms with E-state index in [1.54, 1.807) is 0 Å². The zero-order chi connectivity index (χ0) is 15.5. The Balaban J connectivity index is 1.88. The van der Waals surface area contributed by atoms with E-state index in [2.05, 4.69) is 13.8 Å². The Morgan fingerprint density at radius 1 is 1.38 bits per heavy atom. The zero-order valence-corrected chi connectivity index (χ0v) is 13.6. The molecule has 1 heterocycles. The number of carbonyl (C=O) groups is 2. The first kappa shape index (κ1) is 14.9. The van der Waals surface area contributed by atoms with Crippen LogP contribution in [0.5, 0.6) is 0 Å². The number of hydrogen-bond donors (Lipinski definition) is 0. The fraction of sp³-hybridized carbons (Fsp3) is 0.882. The monoisotopic (exact) mass is 294 g/mol. The van der Waals surface area contributed by atoms with Crippen LogP contribution in [0.25, 0.3) is 0 Å². The first-order chi connectivity index (χ1) is 9.77. The van der Waals surface area contributed by atoms with Gasteiger partial charge in [-0.25, -0.2) is 0 Å². The molecule has 0 aromatic carbocycles. The Hall–Kier alpha value is -1.06. The molecule has 118 valence electrons. The van der Waals surface area contributed by atoms with E-state index >= 15 is 0 Å². The van der Waals surface area contributed by atoms with Crippen molar-refractivity contribution in [3.63, 3.8) is 0 Å². The van der Waals surface area contributed by atoms with Crippen LogP contribution >= 0.6 is 0 Å². The van der Waals surface area contributed by atoms with Crippen molar-refractivity contribution in [1.82, 2.24) is 0 Å². The van der Waals surface area contributed by atoms with Gasteiger partial charge in [-0.2, -0.15) is 0 Å². The normalized spacial score (nSPS) is 43.8. The summed E-state index contributed by atoms with van der Waals surface area (Å²) >= 11 is 0. The first-order valence-electron chi connectivity index (χ1n) is 8.16. The lowest BCUT2D eigenvalue weighted by molar-refractivity contribution is -0.166. The highest BCUT2D eigenvalue weighted by atomic mass is 16.6. The maximum absolute atomic E-state index is 12.6. The lowest BCUT2D eigenvalue weighted by Crippen LogP contribution is -2.48. The minimum atomic E-state index is -0.633. The Bertz CT molecular complexity index is 469. The van der Waals surface area contributed by atoms with Crippen LogP contribution in [0, 0.1) is 41.4 Å². The molecule has 4 heteroatoms. The summed E-state index contributed by atoms with van der Waals surface area (Å²) in [4.78, 5) is 24.9. The second-order valence-corrected chi connectivity index (χ2v) is 7.96. The van der Waals surface area contributed by atoms with Gasteiger partial charge in [0.15, 0.2) is 0 Å². The molecule has 3 aliphatic rings. The van der Waals surface area contributed by atoms with E-state index in [1.807, 2.05) is 20.8 Å². The topological polar surface area (TPSA) is 52.6 Å².